The highest BCUT2D eigenvalue weighted by atomic mass is 32.2. The maximum Gasteiger partial charge on any atom is 0.269 e. The third-order valence-corrected chi connectivity index (χ3v) is 10.5. The minimum Gasteiger partial charge on any atom is -0.456 e. The summed E-state index contributed by atoms with van der Waals surface area (Å²) in [5.41, 5.74) is 6.41. The highest BCUT2D eigenvalue weighted by Crippen LogP contribution is 2.58. The summed E-state index contributed by atoms with van der Waals surface area (Å²) in [6.45, 7) is 8.00. The number of benzene rings is 4. The number of fused-ring (bicyclic) bond motifs is 5. The summed E-state index contributed by atoms with van der Waals surface area (Å²) in [7, 11) is 0. The number of nitrogens with zero attached hydrogens (tertiary/aromatic N) is 4. The zero-order valence-electron chi connectivity index (χ0n) is 24.2. The largest absolute Gasteiger partial charge is 0.456 e. The Morgan fingerprint density at radius 3 is 2.42 bits per heavy atom. The number of thioether (sulfide) groups is 1. The zero-order chi connectivity index (χ0) is 29.3. The lowest BCUT2D eigenvalue weighted by Gasteiger charge is -2.38. The van der Waals surface area contributed by atoms with E-state index in [2.05, 4.69) is 41.0 Å². The number of para-hydroxylation sites is 2. The van der Waals surface area contributed by atoms with Crippen molar-refractivity contribution in [2.24, 2.45) is 0 Å². The highest BCUT2D eigenvalue weighted by molar-refractivity contribution is 8.03. The second kappa shape index (κ2) is 9.89. The topological polar surface area (TPSA) is 60.2 Å². The molecule has 0 radical (unpaired) electrons. The SMILES string of the molecule is Cc1cccc(N2CCN(CN3C(=O)[C@@]4(S[C@@H](C)C(=O)N4c4ccc5c(c4)oc4ccccc45)c4ccccc43)CC2)c1. The fourth-order valence-corrected chi connectivity index (χ4v) is 8.43. The van der Waals surface area contributed by atoms with E-state index in [0.29, 0.717) is 17.9 Å². The van der Waals surface area contributed by atoms with E-state index >= 15 is 0 Å². The number of aryl methyl sites for hydroxylation is 1. The molecule has 7 nitrogen and oxygen atoms in total. The molecule has 0 unspecified atom stereocenters. The molecule has 2 saturated heterocycles. The van der Waals surface area contributed by atoms with Gasteiger partial charge in [0.05, 0.1) is 17.6 Å². The quantitative estimate of drug-likeness (QED) is 0.244. The third-order valence-electron chi connectivity index (χ3n) is 9.03. The number of hydrogen-bond acceptors (Lipinski definition) is 6. The van der Waals surface area contributed by atoms with Gasteiger partial charge in [0, 0.05) is 60.0 Å². The lowest BCUT2D eigenvalue weighted by Crippen LogP contribution is -2.54. The first kappa shape index (κ1) is 26.4. The summed E-state index contributed by atoms with van der Waals surface area (Å²) in [6.07, 6.45) is 0. The fraction of sp³-hybridized carbons (Fsp3) is 0.257. The van der Waals surface area contributed by atoms with Crippen molar-refractivity contribution in [3.05, 3.63) is 102 Å². The van der Waals surface area contributed by atoms with E-state index in [1.807, 2.05) is 78.6 Å². The van der Waals surface area contributed by atoms with Gasteiger partial charge in [-0.25, -0.2) is 0 Å². The van der Waals surface area contributed by atoms with Crippen molar-refractivity contribution < 1.29 is 14.0 Å². The molecule has 8 heteroatoms. The third kappa shape index (κ3) is 4.00. The van der Waals surface area contributed by atoms with Gasteiger partial charge in [0.2, 0.25) is 10.8 Å². The molecule has 3 aliphatic rings. The molecule has 5 aromatic rings. The zero-order valence-corrected chi connectivity index (χ0v) is 25.0. The van der Waals surface area contributed by atoms with Gasteiger partial charge in [-0.3, -0.25) is 24.3 Å². The number of rotatable bonds is 4. The lowest BCUT2D eigenvalue weighted by molar-refractivity contribution is -0.124. The molecule has 2 fully saturated rings. The van der Waals surface area contributed by atoms with E-state index in [0.717, 1.165) is 53.8 Å². The normalized spacial score (nSPS) is 22.5. The standard InChI is InChI=1S/C35H32N4O3S/c1-23-8-7-9-25(20-23)37-18-16-36(17-19-37)22-38-30-12-5-4-11-29(30)35(34(38)41)39(33(40)24(2)43-35)26-14-15-28-27-10-3-6-13-31(27)42-32(28)21-26/h3-15,20-21,24H,16-19,22H2,1-2H3/t24-,35-/m0/s1. The van der Waals surface area contributed by atoms with E-state index in [9.17, 15) is 9.59 Å². The van der Waals surface area contributed by atoms with E-state index in [4.69, 9.17) is 4.42 Å². The van der Waals surface area contributed by atoms with Crippen LogP contribution in [0.2, 0.25) is 0 Å². The molecular weight excluding hydrogens is 556 g/mol. The van der Waals surface area contributed by atoms with Crippen LogP contribution < -0.4 is 14.7 Å². The van der Waals surface area contributed by atoms with E-state index in [1.54, 1.807) is 4.90 Å². The van der Waals surface area contributed by atoms with Crippen molar-refractivity contribution in [1.82, 2.24) is 4.90 Å². The number of piperazine rings is 1. The summed E-state index contributed by atoms with van der Waals surface area (Å²) in [4.78, 5) is 35.8. The number of furan rings is 1. The molecule has 4 heterocycles. The van der Waals surface area contributed by atoms with Gasteiger partial charge in [-0.15, -0.1) is 11.8 Å². The van der Waals surface area contributed by atoms with Crippen LogP contribution in [0.5, 0.6) is 0 Å². The Kier molecular flexibility index (Phi) is 6.07. The van der Waals surface area contributed by atoms with Crippen LogP contribution in [0.25, 0.3) is 21.9 Å². The molecule has 1 spiro atoms. The molecular formula is C35H32N4O3S. The minimum absolute atomic E-state index is 0.0674. The Morgan fingerprint density at radius 2 is 1.58 bits per heavy atom. The highest BCUT2D eigenvalue weighted by Gasteiger charge is 2.63. The summed E-state index contributed by atoms with van der Waals surface area (Å²) >= 11 is 1.44. The van der Waals surface area contributed by atoms with Crippen LogP contribution in [0.1, 0.15) is 18.1 Å². The van der Waals surface area contributed by atoms with Crippen molar-refractivity contribution in [2.75, 3.05) is 47.5 Å². The second-order valence-electron chi connectivity index (χ2n) is 11.7. The first-order valence-corrected chi connectivity index (χ1v) is 15.7. The molecule has 0 N–H and O–H groups in total. The lowest BCUT2D eigenvalue weighted by atomic mass is 10.0. The predicted octanol–water partition coefficient (Wildman–Crippen LogP) is 6.34. The van der Waals surface area contributed by atoms with Crippen molar-refractivity contribution in [3.63, 3.8) is 0 Å². The molecule has 0 saturated carbocycles. The monoisotopic (exact) mass is 588 g/mol. The van der Waals surface area contributed by atoms with Gasteiger partial charge in [0.15, 0.2) is 0 Å². The van der Waals surface area contributed by atoms with Crippen LogP contribution in [-0.4, -0.2) is 54.8 Å². The Morgan fingerprint density at radius 1 is 0.814 bits per heavy atom. The maximum absolute atomic E-state index is 14.7. The van der Waals surface area contributed by atoms with Crippen LogP contribution in [0, 0.1) is 6.92 Å². The molecule has 4 aromatic carbocycles. The average molecular weight is 589 g/mol. The molecule has 3 aliphatic heterocycles. The summed E-state index contributed by atoms with van der Waals surface area (Å²) in [6, 6.07) is 30.4. The smallest absolute Gasteiger partial charge is 0.269 e. The van der Waals surface area contributed by atoms with E-state index in [1.165, 1.54) is 23.0 Å². The van der Waals surface area contributed by atoms with Crippen LogP contribution in [-0.2, 0) is 14.5 Å². The molecule has 2 atom stereocenters. The van der Waals surface area contributed by atoms with Crippen molar-refractivity contribution in [2.45, 2.75) is 24.0 Å². The summed E-state index contributed by atoms with van der Waals surface area (Å²) in [5, 5.41) is 1.65. The Labute approximate surface area is 254 Å². The average Bonchev–Trinajstić information content (AvgIpc) is 3.61. The number of amides is 2. The van der Waals surface area contributed by atoms with Gasteiger partial charge < -0.3 is 9.32 Å². The first-order chi connectivity index (χ1) is 20.9. The summed E-state index contributed by atoms with van der Waals surface area (Å²) in [5.74, 6) is -0.139. The maximum atomic E-state index is 14.7. The number of hydrogen-bond donors (Lipinski definition) is 0. The molecule has 0 bridgehead atoms. The minimum atomic E-state index is -1.17. The van der Waals surface area contributed by atoms with Crippen molar-refractivity contribution in [3.8, 4) is 0 Å². The van der Waals surface area contributed by atoms with Gasteiger partial charge in [-0.2, -0.15) is 0 Å². The van der Waals surface area contributed by atoms with Crippen LogP contribution >= 0.6 is 11.8 Å². The van der Waals surface area contributed by atoms with E-state index in [-0.39, 0.29) is 17.1 Å². The molecule has 8 rings (SSSR count). The van der Waals surface area contributed by atoms with Crippen molar-refractivity contribution in [1.29, 1.82) is 0 Å². The van der Waals surface area contributed by atoms with Gasteiger partial charge >= 0.3 is 0 Å². The van der Waals surface area contributed by atoms with Gasteiger partial charge in [0.25, 0.3) is 5.91 Å². The molecule has 216 valence electrons. The number of anilines is 3. The molecule has 1 aromatic heterocycles. The Balaban J connectivity index is 1.13. The van der Waals surface area contributed by atoms with Gasteiger partial charge in [0.1, 0.15) is 11.2 Å². The second-order valence-corrected chi connectivity index (χ2v) is 13.2. The van der Waals surface area contributed by atoms with Crippen molar-refractivity contribution >= 4 is 62.6 Å². The summed E-state index contributed by atoms with van der Waals surface area (Å²) < 4.78 is 6.18. The number of carbonyl (C=O) groups excluding carboxylic acids is 2. The van der Waals surface area contributed by atoms with Crippen LogP contribution in [0.15, 0.2) is 95.4 Å². The fourth-order valence-electron chi connectivity index (χ4n) is 6.90. The predicted molar refractivity (Wildman–Crippen MR) is 174 cm³/mol. The van der Waals surface area contributed by atoms with Gasteiger partial charge in [-0.05, 0) is 55.8 Å². The van der Waals surface area contributed by atoms with E-state index < -0.39 is 4.87 Å². The van der Waals surface area contributed by atoms with Crippen LogP contribution in [0.4, 0.5) is 17.1 Å². The first-order valence-electron chi connectivity index (χ1n) is 14.8. The number of carbonyl (C=O) groups is 2. The van der Waals surface area contributed by atoms with Gasteiger partial charge in [-0.1, -0.05) is 48.5 Å². The Bertz CT molecular complexity index is 1910. The molecule has 2 amide bonds. The van der Waals surface area contributed by atoms with Crippen LogP contribution in [0.3, 0.4) is 0 Å². The molecule has 0 aliphatic carbocycles. The molecule has 43 heavy (non-hydrogen) atoms. The Hall–Kier alpha value is -4.27.